The van der Waals surface area contributed by atoms with E-state index in [1.165, 1.54) is 0 Å². The molecule has 0 aliphatic carbocycles. The third kappa shape index (κ3) is 5.16. The van der Waals surface area contributed by atoms with Gasteiger partial charge in [0.2, 0.25) is 0 Å². The number of carbonyl (C=O) groups is 1. The van der Waals surface area contributed by atoms with Gasteiger partial charge in [0, 0.05) is 17.1 Å². The Bertz CT molecular complexity index is 79.7. The fraction of sp³-hybridized carbons (Fsp3) is 0.667. The molecule has 5 heteroatoms. The Labute approximate surface area is 72.7 Å². The predicted molar refractivity (Wildman–Crippen MR) is 38.3 cm³/mol. The van der Waals surface area contributed by atoms with Gasteiger partial charge in [-0.1, -0.05) is 0 Å². The molecule has 1 unspecified atom stereocenters. The SMILES string of the molecule is NC(CS)C(=O)[Se].[Se]. The molecule has 0 saturated carbocycles. The van der Waals surface area contributed by atoms with Crippen molar-refractivity contribution in [2.45, 2.75) is 6.04 Å². The zero-order valence-corrected chi connectivity index (χ0v) is 8.35. The smallest absolute Gasteiger partial charge is 0 e. The standard InChI is InChI=1S/C3H6NOSSe.Se/c4-2(1-6)3(5)7;/h2,6H,1,4H2;. The molecule has 0 rings (SSSR count). The van der Waals surface area contributed by atoms with Crippen molar-refractivity contribution in [3.05, 3.63) is 0 Å². The van der Waals surface area contributed by atoms with E-state index >= 15 is 0 Å². The minimum Gasteiger partial charge on any atom is 0 e. The van der Waals surface area contributed by atoms with Crippen LogP contribution in [0.5, 0.6) is 0 Å². The second-order valence-corrected chi connectivity index (χ2v) is 2.32. The molecule has 0 fully saturated rings. The summed E-state index contributed by atoms with van der Waals surface area (Å²) in [4.78, 5) is 10.1. The molecule has 0 aromatic rings. The first kappa shape index (κ1) is 11.8. The van der Waals surface area contributed by atoms with Gasteiger partial charge in [0.1, 0.15) is 0 Å². The molecule has 2 N–H and O–H groups in total. The maximum atomic E-state index is 10.1. The fourth-order valence-corrected chi connectivity index (χ4v) is 0.693. The molecule has 0 aromatic heterocycles. The molecule has 2 nitrogen and oxygen atoms in total. The topological polar surface area (TPSA) is 43.1 Å². The van der Waals surface area contributed by atoms with Crippen molar-refractivity contribution < 1.29 is 4.79 Å². The van der Waals surface area contributed by atoms with Crippen molar-refractivity contribution in [1.82, 2.24) is 0 Å². The van der Waals surface area contributed by atoms with E-state index < -0.39 is 6.04 Å². The summed E-state index contributed by atoms with van der Waals surface area (Å²) in [6.45, 7) is 0. The van der Waals surface area contributed by atoms with E-state index in [1.54, 1.807) is 0 Å². The molecule has 0 spiro atoms. The molecule has 0 heterocycles. The van der Waals surface area contributed by atoms with Crippen LogP contribution < -0.4 is 5.73 Å². The third-order valence-electron chi connectivity index (χ3n) is 0.499. The normalized spacial score (nSPS) is 11.8. The van der Waals surface area contributed by atoms with Crippen molar-refractivity contribution >= 4 is 50.4 Å². The molecule has 3 radical (unpaired) electrons. The molecule has 0 aromatic carbocycles. The Kier molecular flexibility index (Phi) is 9.04. The van der Waals surface area contributed by atoms with Gasteiger partial charge in [-0.3, -0.25) is 0 Å². The van der Waals surface area contributed by atoms with Crippen LogP contribution in [0, 0.1) is 0 Å². The summed E-state index contributed by atoms with van der Waals surface area (Å²) in [5.74, 6) is 0.409. The van der Waals surface area contributed by atoms with Gasteiger partial charge in [-0.25, -0.2) is 0 Å². The Hall–Kier alpha value is 1.02. The number of carbonyl (C=O) groups excluding carboxylic acids is 1. The van der Waals surface area contributed by atoms with E-state index in [0.29, 0.717) is 5.75 Å². The minimum atomic E-state index is -0.427. The average molecular weight is 262 g/mol. The van der Waals surface area contributed by atoms with Gasteiger partial charge < -0.3 is 0 Å². The van der Waals surface area contributed by atoms with E-state index in [1.807, 2.05) is 0 Å². The maximum Gasteiger partial charge on any atom is 0 e. The summed E-state index contributed by atoms with van der Waals surface area (Å²) in [6, 6.07) is -0.427. The van der Waals surface area contributed by atoms with Crippen LogP contribution in [0.1, 0.15) is 0 Å². The van der Waals surface area contributed by atoms with Crippen LogP contribution in [0.4, 0.5) is 0 Å². The van der Waals surface area contributed by atoms with Crippen LogP contribution in [0.25, 0.3) is 0 Å². The van der Waals surface area contributed by atoms with E-state index in [9.17, 15) is 4.79 Å². The van der Waals surface area contributed by atoms with Crippen LogP contribution in [0.2, 0.25) is 0 Å². The molecule has 0 bridgehead atoms. The first-order valence-electron chi connectivity index (χ1n) is 1.75. The summed E-state index contributed by atoms with van der Waals surface area (Å²) >= 11 is 6.07. The number of thiol groups is 1. The number of hydrogen-bond donors (Lipinski definition) is 2. The summed E-state index contributed by atoms with van der Waals surface area (Å²) < 4.78 is -0.130. The quantitative estimate of drug-likeness (QED) is 0.473. The Balaban J connectivity index is 0. The average Bonchev–Trinajstić information content (AvgIpc) is 1.65. The predicted octanol–water partition coefficient (Wildman–Crippen LogP) is -1.44. The largest absolute Gasteiger partial charge is 0 e. The van der Waals surface area contributed by atoms with Gasteiger partial charge in [-0.15, -0.1) is 0 Å². The molecule has 8 heavy (non-hydrogen) atoms. The van der Waals surface area contributed by atoms with Gasteiger partial charge in [0.15, 0.2) is 0 Å². The summed E-state index contributed by atoms with van der Waals surface area (Å²) in [7, 11) is 0. The first-order chi connectivity index (χ1) is 3.18. The van der Waals surface area contributed by atoms with Gasteiger partial charge in [0.25, 0.3) is 0 Å². The van der Waals surface area contributed by atoms with E-state index in [-0.39, 0.29) is 21.8 Å². The second kappa shape index (κ2) is 6.14. The minimum absolute atomic E-state index is 0. The summed E-state index contributed by atoms with van der Waals surface area (Å²) in [6.07, 6.45) is 0. The van der Waals surface area contributed by atoms with Crippen molar-refractivity contribution in [2.24, 2.45) is 5.73 Å². The molecule has 47 valence electrons. The molecular formula is C3H6NOSSe2. The molecule has 1 atom stereocenters. The van der Waals surface area contributed by atoms with Gasteiger partial charge in [0.05, 0.1) is 0 Å². The monoisotopic (exact) mass is 264 g/mol. The van der Waals surface area contributed by atoms with E-state index in [4.69, 9.17) is 5.73 Å². The van der Waals surface area contributed by atoms with Gasteiger partial charge in [-0.05, 0) is 0 Å². The Morgan fingerprint density at radius 1 is 1.88 bits per heavy atom. The maximum absolute atomic E-state index is 10.1. The first-order valence-corrected chi connectivity index (χ1v) is 3.24. The number of hydrogen-bond acceptors (Lipinski definition) is 3. The molecule has 0 amide bonds. The van der Waals surface area contributed by atoms with E-state index in [2.05, 4.69) is 28.6 Å². The van der Waals surface area contributed by atoms with Crippen LogP contribution in [-0.4, -0.2) is 49.6 Å². The van der Waals surface area contributed by atoms with Crippen molar-refractivity contribution in [1.29, 1.82) is 0 Å². The van der Waals surface area contributed by atoms with Crippen molar-refractivity contribution in [2.75, 3.05) is 5.75 Å². The van der Waals surface area contributed by atoms with Crippen LogP contribution in [0.3, 0.4) is 0 Å². The van der Waals surface area contributed by atoms with Gasteiger partial charge >= 0.3 is 55.6 Å². The molecule has 0 aliphatic heterocycles. The van der Waals surface area contributed by atoms with Crippen molar-refractivity contribution in [3.8, 4) is 0 Å². The number of nitrogens with two attached hydrogens (primary N) is 1. The second-order valence-electron chi connectivity index (χ2n) is 1.11. The van der Waals surface area contributed by atoms with Crippen LogP contribution in [-0.2, 0) is 4.79 Å². The van der Waals surface area contributed by atoms with Crippen molar-refractivity contribution in [3.63, 3.8) is 0 Å². The van der Waals surface area contributed by atoms with Crippen LogP contribution in [0.15, 0.2) is 0 Å². The molecule has 0 aliphatic rings. The Morgan fingerprint density at radius 2 is 2.25 bits per heavy atom. The number of rotatable bonds is 2. The van der Waals surface area contributed by atoms with Crippen LogP contribution >= 0.6 is 12.6 Å². The zero-order chi connectivity index (χ0) is 5.86. The summed E-state index contributed by atoms with van der Waals surface area (Å²) in [5, 5.41) is 0. The Morgan fingerprint density at radius 3 is 2.25 bits per heavy atom. The fourth-order valence-electron chi connectivity index (χ4n) is 0.0745. The summed E-state index contributed by atoms with van der Waals surface area (Å²) in [5.41, 5.74) is 5.16. The van der Waals surface area contributed by atoms with E-state index in [0.717, 1.165) is 0 Å². The van der Waals surface area contributed by atoms with Gasteiger partial charge in [-0.2, -0.15) is 0 Å². The molecular weight excluding hydrogens is 256 g/mol. The molecule has 0 saturated heterocycles. The third-order valence-corrected chi connectivity index (χ3v) is 1.53. The zero-order valence-electron chi connectivity index (χ0n) is 4.03.